The minimum atomic E-state index is -0.293. The lowest BCUT2D eigenvalue weighted by atomic mass is 9.85. The van der Waals surface area contributed by atoms with Gasteiger partial charge in [0.25, 0.3) is 0 Å². The van der Waals surface area contributed by atoms with Crippen LogP contribution in [0.15, 0.2) is 6.07 Å². The number of aromatic nitrogens is 2. The van der Waals surface area contributed by atoms with Crippen LogP contribution in [0.1, 0.15) is 62.5 Å². The minimum absolute atomic E-state index is 0.249. The van der Waals surface area contributed by atoms with Crippen LogP contribution in [0.3, 0.4) is 0 Å². The Morgan fingerprint density at radius 3 is 2.71 bits per heavy atom. The van der Waals surface area contributed by atoms with E-state index in [9.17, 15) is 4.79 Å². The van der Waals surface area contributed by atoms with Crippen molar-refractivity contribution in [3.05, 3.63) is 17.6 Å². The molecular formula is C18H26N4O2. The predicted octanol–water partition coefficient (Wildman–Crippen LogP) is 3.21. The number of ether oxygens (including phenoxy) is 1. The fourth-order valence-corrected chi connectivity index (χ4v) is 4.42. The minimum Gasteiger partial charge on any atom is -0.441 e. The van der Waals surface area contributed by atoms with Gasteiger partial charge in [-0.3, -0.25) is 9.80 Å². The van der Waals surface area contributed by atoms with Crippen molar-refractivity contribution < 1.29 is 9.53 Å². The number of hydrogen-bond donors (Lipinski definition) is 0. The van der Waals surface area contributed by atoms with Crippen molar-refractivity contribution in [2.75, 3.05) is 25.0 Å². The summed E-state index contributed by atoms with van der Waals surface area (Å²) < 4.78 is 5.80. The zero-order valence-electron chi connectivity index (χ0n) is 14.6. The van der Waals surface area contributed by atoms with E-state index in [1.54, 1.807) is 4.90 Å². The SMILES string of the molecule is Cc1nc([C@H]2CCCN2C)cc(N2CC3(CCCCC3)OC2=O)n1. The number of amides is 1. The summed E-state index contributed by atoms with van der Waals surface area (Å²) in [5.41, 5.74) is 0.730. The van der Waals surface area contributed by atoms with Crippen LogP contribution in [0.4, 0.5) is 10.6 Å². The lowest BCUT2D eigenvalue weighted by Crippen LogP contribution is -2.36. The lowest BCUT2D eigenvalue weighted by Gasteiger charge is -2.30. The first kappa shape index (κ1) is 15.8. The normalized spacial score (nSPS) is 27.0. The molecule has 1 aromatic rings. The Hall–Kier alpha value is -1.69. The number of nitrogens with zero attached hydrogens (tertiary/aromatic N) is 4. The van der Waals surface area contributed by atoms with Crippen LogP contribution in [0.2, 0.25) is 0 Å². The van der Waals surface area contributed by atoms with Gasteiger partial charge in [0.15, 0.2) is 0 Å². The molecule has 0 N–H and O–H groups in total. The number of likely N-dealkylation sites (tertiary alicyclic amines) is 1. The van der Waals surface area contributed by atoms with Crippen LogP contribution in [0.25, 0.3) is 0 Å². The molecule has 1 spiro atoms. The van der Waals surface area contributed by atoms with E-state index in [2.05, 4.69) is 21.9 Å². The van der Waals surface area contributed by atoms with Gasteiger partial charge in [0.05, 0.1) is 18.3 Å². The van der Waals surface area contributed by atoms with Gasteiger partial charge in [-0.2, -0.15) is 0 Å². The highest BCUT2D eigenvalue weighted by molar-refractivity contribution is 5.89. The summed E-state index contributed by atoms with van der Waals surface area (Å²) in [6.45, 7) is 3.62. The highest BCUT2D eigenvalue weighted by Crippen LogP contribution is 2.39. The summed E-state index contributed by atoms with van der Waals surface area (Å²) in [5.74, 6) is 1.42. The third-order valence-electron chi connectivity index (χ3n) is 5.72. The highest BCUT2D eigenvalue weighted by Gasteiger charge is 2.46. The Morgan fingerprint density at radius 2 is 2.00 bits per heavy atom. The molecule has 130 valence electrons. The summed E-state index contributed by atoms with van der Waals surface area (Å²) in [6, 6.07) is 2.32. The Bertz CT molecular complexity index is 642. The number of carbonyl (C=O) groups excluding carboxylic acids is 1. The second-order valence-corrected chi connectivity index (χ2v) is 7.53. The van der Waals surface area contributed by atoms with Crippen molar-refractivity contribution in [2.24, 2.45) is 0 Å². The van der Waals surface area contributed by atoms with Crippen molar-refractivity contribution in [3.63, 3.8) is 0 Å². The van der Waals surface area contributed by atoms with E-state index < -0.39 is 0 Å². The summed E-state index contributed by atoms with van der Waals surface area (Å²) in [4.78, 5) is 25.7. The summed E-state index contributed by atoms with van der Waals surface area (Å²) >= 11 is 0. The smallest absolute Gasteiger partial charge is 0.416 e. The maximum absolute atomic E-state index is 12.5. The Balaban J connectivity index is 1.62. The fraction of sp³-hybridized carbons (Fsp3) is 0.722. The van der Waals surface area contributed by atoms with Gasteiger partial charge in [0, 0.05) is 6.07 Å². The van der Waals surface area contributed by atoms with Gasteiger partial charge in [0.1, 0.15) is 17.2 Å². The third kappa shape index (κ3) is 2.77. The predicted molar refractivity (Wildman–Crippen MR) is 91.0 cm³/mol. The van der Waals surface area contributed by atoms with E-state index in [1.807, 2.05) is 13.0 Å². The van der Waals surface area contributed by atoms with Gasteiger partial charge in [0.2, 0.25) is 0 Å². The van der Waals surface area contributed by atoms with Crippen LogP contribution >= 0.6 is 0 Å². The highest BCUT2D eigenvalue weighted by atomic mass is 16.6. The van der Waals surface area contributed by atoms with E-state index in [4.69, 9.17) is 4.74 Å². The molecule has 6 nitrogen and oxygen atoms in total. The molecule has 2 aliphatic heterocycles. The van der Waals surface area contributed by atoms with Crippen LogP contribution in [-0.2, 0) is 4.74 Å². The van der Waals surface area contributed by atoms with Crippen molar-refractivity contribution in [1.29, 1.82) is 0 Å². The maximum Gasteiger partial charge on any atom is 0.416 e. The van der Waals surface area contributed by atoms with E-state index in [1.165, 1.54) is 12.8 Å². The van der Waals surface area contributed by atoms with Crippen LogP contribution in [0.5, 0.6) is 0 Å². The Kier molecular flexibility index (Phi) is 3.95. The molecule has 4 rings (SSSR count). The summed E-state index contributed by atoms with van der Waals surface area (Å²) in [6.07, 6.45) is 7.51. The van der Waals surface area contributed by atoms with Gasteiger partial charge >= 0.3 is 6.09 Å². The Morgan fingerprint density at radius 1 is 1.21 bits per heavy atom. The Labute approximate surface area is 143 Å². The number of carbonyl (C=O) groups is 1. The van der Waals surface area contributed by atoms with Crippen molar-refractivity contribution in [2.45, 2.75) is 63.5 Å². The first-order valence-electron chi connectivity index (χ1n) is 9.13. The molecule has 1 aromatic heterocycles. The molecule has 0 aromatic carbocycles. The fourth-order valence-electron chi connectivity index (χ4n) is 4.42. The van der Waals surface area contributed by atoms with Crippen LogP contribution in [-0.4, -0.2) is 46.7 Å². The quantitative estimate of drug-likeness (QED) is 0.833. The van der Waals surface area contributed by atoms with Crippen molar-refractivity contribution in [1.82, 2.24) is 14.9 Å². The molecule has 1 aliphatic carbocycles. The molecule has 3 fully saturated rings. The molecule has 24 heavy (non-hydrogen) atoms. The number of anilines is 1. The average molecular weight is 330 g/mol. The van der Waals surface area contributed by atoms with E-state index in [0.717, 1.165) is 50.2 Å². The molecule has 2 saturated heterocycles. The monoisotopic (exact) mass is 330 g/mol. The molecule has 0 unspecified atom stereocenters. The zero-order chi connectivity index (χ0) is 16.7. The van der Waals surface area contributed by atoms with Crippen molar-refractivity contribution >= 4 is 11.9 Å². The third-order valence-corrected chi connectivity index (χ3v) is 5.72. The number of rotatable bonds is 2. The first-order chi connectivity index (χ1) is 11.6. The molecule has 3 heterocycles. The van der Waals surface area contributed by atoms with E-state index >= 15 is 0 Å². The van der Waals surface area contributed by atoms with Crippen molar-refractivity contribution in [3.8, 4) is 0 Å². The van der Waals surface area contributed by atoms with Gasteiger partial charge in [-0.15, -0.1) is 0 Å². The number of aryl methyl sites for hydroxylation is 1. The molecule has 6 heteroatoms. The largest absolute Gasteiger partial charge is 0.441 e. The second kappa shape index (κ2) is 5.99. The molecule has 1 saturated carbocycles. The summed E-state index contributed by atoms with van der Waals surface area (Å²) in [7, 11) is 2.13. The van der Waals surface area contributed by atoms with Crippen LogP contribution in [0, 0.1) is 6.92 Å². The maximum atomic E-state index is 12.5. The van der Waals surface area contributed by atoms with E-state index in [-0.39, 0.29) is 11.7 Å². The van der Waals surface area contributed by atoms with E-state index in [0.29, 0.717) is 18.4 Å². The molecule has 0 bridgehead atoms. The molecule has 1 atom stereocenters. The summed E-state index contributed by atoms with van der Waals surface area (Å²) in [5, 5.41) is 0. The standard InChI is InChI=1S/C18H26N4O2/c1-13-19-14(15-7-6-10-21(15)2)11-16(20-13)22-12-18(24-17(22)23)8-4-3-5-9-18/h11,15H,3-10,12H2,1-2H3/t15-/m1/s1. The average Bonchev–Trinajstić information content (AvgIpc) is 3.11. The molecule has 3 aliphatic rings. The van der Waals surface area contributed by atoms with Gasteiger partial charge in [-0.25, -0.2) is 14.8 Å². The van der Waals surface area contributed by atoms with Gasteiger partial charge < -0.3 is 4.74 Å². The molecule has 0 radical (unpaired) electrons. The first-order valence-corrected chi connectivity index (χ1v) is 9.13. The van der Waals surface area contributed by atoms with Gasteiger partial charge in [-0.1, -0.05) is 6.42 Å². The second-order valence-electron chi connectivity index (χ2n) is 7.53. The molecular weight excluding hydrogens is 304 g/mol. The topological polar surface area (TPSA) is 58.6 Å². The zero-order valence-corrected chi connectivity index (χ0v) is 14.6. The lowest BCUT2D eigenvalue weighted by molar-refractivity contribution is 0.0260. The number of hydrogen-bond acceptors (Lipinski definition) is 5. The van der Waals surface area contributed by atoms with Crippen LogP contribution < -0.4 is 4.90 Å². The molecule has 1 amide bonds. The van der Waals surface area contributed by atoms with Gasteiger partial charge in [-0.05, 0) is 59.0 Å².